The third kappa shape index (κ3) is 2.34. The molecule has 0 aromatic rings. The van der Waals surface area contributed by atoms with Gasteiger partial charge >= 0.3 is 0 Å². The standard InChI is InChI=1S/C16H28N2/c1-2-13(12-4-5-12)10-16(3-1)18-9-8-14-6-7-15(11-18)17-14/h12-17H,1-11H2. The van der Waals surface area contributed by atoms with E-state index in [9.17, 15) is 0 Å². The van der Waals surface area contributed by atoms with Gasteiger partial charge in [-0.1, -0.05) is 12.8 Å². The first-order chi connectivity index (χ1) is 8.88. The van der Waals surface area contributed by atoms with E-state index in [4.69, 9.17) is 0 Å². The summed E-state index contributed by atoms with van der Waals surface area (Å²) in [6, 6.07) is 2.60. The molecular weight excluding hydrogens is 220 g/mol. The highest BCUT2D eigenvalue weighted by atomic mass is 15.2. The molecule has 0 aromatic carbocycles. The Morgan fingerprint density at radius 2 is 1.67 bits per heavy atom. The van der Waals surface area contributed by atoms with Crippen LogP contribution in [-0.2, 0) is 0 Å². The van der Waals surface area contributed by atoms with Crippen molar-refractivity contribution in [3.8, 4) is 0 Å². The Labute approximate surface area is 111 Å². The highest BCUT2D eigenvalue weighted by Crippen LogP contribution is 2.45. The average Bonchev–Trinajstić information content (AvgIpc) is 3.16. The second kappa shape index (κ2) is 4.79. The normalized spacial score (nSPS) is 46.0. The third-order valence-corrected chi connectivity index (χ3v) is 6.05. The quantitative estimate of drug-likeness (QED) is 0.808. The van der Waals surface area contributed by atoms with Gasteiger partial charge in [-0.2, -0.15) is 0 Å². The van der Waals surface area contributed by atoms with Crippen molar-refractivity contribution in [2.24, 2.45) is 11.8 Å². The molecular formula is C16H28N2. The van der Waals surface area contributed by atoms with E-state index in [1.54, 1.807) is 19.3 Å². The zero-order valence-electron chi connectivity index (χ0n) is 11.6. The molecule has 2 saturated carbocycles. The zero-order valence-corrected chi connectivity index (χ0v) is 11.6. The Balaban J connectivity index is 1.39. The van der Waals surface area contributed by atoms with E-state index in [0.717, 1.165) is 30.0 Å². The number of likely N-dealkylation sites (tertiary alicyclic amines) is 1. The van der Waals surface area contributed by atoms with E-state index in [1.165, 1.54) is 51.6 Å². The lowest BCUT2D eigenvalue weighted by molar-refractivity contribution is 0.117. The second-order valence-corrected chi connectivity index (χ2v) is 7.34. The van der Waals surface area contributed by atoms with Crippen molar-refractivity contribution in [3.63, 3.8) is 0 Å². The minimum Gasteiger partial charge on any atom is -0.310 e. The van der Waals surface area contributed by atoms with E-state index in [1.807, 2.05) is 0 Å². The topological polar surface area (TPSA) is 15.3 Å². The molecule has 2 saturated heterocycles. The summed E-state index contributed by atoms with van der Waals surface area (Å²) in [6.45, 7) is 2.72. The van der Waals surface area contributed by atoms with Crippen molar-refractivity contribution in [3.05, 3.63) is 0 Å². The molecule has 2 heterocycles. The van der Waals surface area contributed by atoms with Crippen LogP contribution in [0.3, 0.4) is 0 Å². The summed E-state index contributed by atoms with van der Waals surface area (Å²) in [5.74, 6) is 2.23. The van der Waals surface area contributed by atoms with Gasteiger partial charge < -0.3 is 5.32 Å². The van der Waals surface area contributed by atoms with Gasteiger partial charge in [0, 0.05) is 24.7 Å². The summed E-state index contributed by atoms with van der Waals surface area (Å²) in [7, 11) is 0. The van der Waals surface area contributed by atoms with Gasteiger partial charge in [0.2, 0.25) is 0 Å². The van der Waals surface area contributed by atoms with Crippen LogP contribution >= 0.6 is 0 Å². The molecule has 102 valence electrons. The highest BCUT2D eigenvalue weighted by Gasteiger charge is 2.38. The second-order valence-electron chi connectivity index (χ2n) is 7.34. The third-order valence-electron chi connectivity index (χ3n) is 6.05. The first-order valence-corrected chi connectivity index (χ1v) is 8.38. The molecule has 4 atom stereocenters. The molecule has 0 radical (unpaired) electrons. The van der Waals surface area contributed by atoms with Gasteiger partial charge in [-0.05, 0) is 63.3 Å². The summed E-state index contributed by atoms with van der Waals surface area (Å²) < 4.78 is 0. The lowest BCUT2D eigenvalue weighted by Crippen LogP contribution is -2.44. The van der Waals surface area contributed by atoms with Gasteiger partial charge in [-0.3, -0.25) is 4.90 Å². The summed E-state index contributed by atoms with van der Waals surface area (Å²) in [5, 5.41) is 3.83. The number of hydrogen-bond donors (Lipinski definition) is 1. The SMILES string of the molecule is C1CC(C2CC2)CC(N2CCC3CCC(C2)N3)C1. The molecule has 4 rings (SSSR count). The van der Waals surface area contributed by atoms with Gasteiger partial charge in [0.05, 0.1) is 0 Å². The van der Waals surface area contributed by atoms with Crippen LogP contribution in [0.2, 0.25) is 0 Å². The van der Waals surface area contributed by atoms with E-state index in [-0.39, 0.29) is 0 Å². The molecule has 2 aliphatic heterocycles. The Kier molecular flexibility index (Phi) is 3.12. The minimum absolute atomic E-state index is 0.818. The predicted octanol–water partition coefficient (Wildman–Crippen LogP) is 2.78. The van der Waals surface area contributed by atoms with Crippen LogP contribution < -0.4 is 5.32 Å². The molecule has 2 aliphatic carbocycles. The van der Waals surface area contributed by atoms with Crippen LogP contribution in [0.5, 0.6) is 0 Å². The van der Waals surface area contributed by atoms with Crippen molar-refractivity contribution >= 4 is 0 Å². The van der Waals surface area contributed by atoms with Crippen LogP contribution in [0.1, 0.15) is 57.8 Å². The Morgan fingerprint density at radius 1 is 0.778 bits per heavy atom. The summed E-state index contributed by atoms with van der Waals surface area (Å²) in [6.07, 6.45) is 13.4. The smallest absolute Gasteiger partial charge is 0.0198 e. The van der Waals surface area contributed by atoms with Crippen molar-refractivity contribution in [2.45, 2.75) is 75.9 Å². The highest BCUT2D eigenvalue weighted by molar-refractivity contribution is 4.94. The molecule has 4 aliphatic rings. The van der Waals surface area contributed by atoms with Crippen molar-refractivity contribution < 1.29 is 0 Å². The molecule has 18 heavy (non-hydrogen) atoms. The van der Waals surface area contributed by atoms with Gasteiger partial charge in [0.25, 0.3) is 0 Å². The zero-order chi connectivity index (χ0) is 11.9. The molecule has 2 heteroatoms. The van der Waals surface area contributed by atoms with Gasteiger partial charge in [0.15, 0.2) is 0 Å². The fourth-order valence-corrected chi connectivity index (χ4v) is 4.83. The Morgan fingerprint density at radius 3 is 2.56 bits per heavy atom. The molecule has 2 nitrogen and oxygen atoms in total. The molecule has 2 bridgehead atoms. The predicted molar refractivity (Wildman–Crippen MR) is 74.6 cm³/mol. The first kappa shape index (κ1) is 11.7. The van der Waals surface area contributed by atoms with Crippen molar-refractivity contribution in [2.75, 3.05) is 13.1 Å². The number of fused-ring (bicyclic) bond motifs is 2. The van der Waals surface area contributed by atoms with Crippen molar-refractivity contribution in [1.29, 1.82) is 0 Å². The maximum Gasteiger partial charge on any atom is 0.0198 e. The van der Waals surface area contributed by atoms with Crippen LogP contribution in [-0.4, -0.2) is 36.1 Å². The van der Waals surface area contributed by atoms with E-state index in [0.29, 0.717) is 0 Å². The first-order valence-electron chi connectivity index (χ1n) is 8.38. The van der Waals surface area contributed by atoms with E-state index in [2.05, 4.69) is 10.2 Å². The summed E-state index contributed by atoms with van der Waals surface area (Å²) in [4.78, 5) is 2.87. The number of rotatable bonds is 2. The molecule has 4 unspecified atom stereocenters. The fraction of sp³-hybridized carbons (Fsp3) is 1.00. The molecule has 0 aromatic heterocycles. The summed E-state index contributed by atoms with van der Waals surface area (Å²) in [5.41, 5.74) is 0. The maximum absolute atomic E-state index is 3.83. The van der Waals surface area contributed by atoms with Gasteiger partial charge in [0.1, 0.15) is 0 Å². The van der Waals surface area contributed by atoms with Crippen LogP contribution in [0.25, 0.3) is 0 Å². The fourth-order valence-electron chi connectivity index (χ4n) is 4.83. The van der Waals surface area contributed by atoms with E-state index >= 15 is 0 Å². The van der Waals surface area contributed by atoms with Gasteiger partial charge in [-0.25, -0.2) is 0 Å². The number of nitrogens with zero attached hydrogens (tertiary/aromatic N) is 1. The molecule has 0 amide bonds. The number of nitrogens with one attached hydrogen (secondary N) is 1. The van der Waals surface area contributed by atoms with Crippen LogP contribution in [0, 0.1) is 11.8 Å². The minimum atomic E-state index is 0.818. The summed E-state index contributed by atoms with van der Waals surface area (Å²) >= 11 is 0. The largest absolute Gasteiger partial charge is 0.310 e. The molecule has 0 spiro atoms. The molecule has 4 fully saturated rings. The lowest BCUT2D eigenvalue weighted by atomic mass is 9.82. The Bertz CT molecular complexity index is 299. The Hall–Kier alpha value is -0.0800. The maximum atomic E-state index is 3.83. The monoisotopic (exact) mass is 248 g/mol. The van der Waals surface area contributed by atoms with Gasteiger partial charge in [-0.15, -0.1) is 0 Å². The van der Waals surface area contributed by atoms with Crippen LogP contribution in [0.4, 0.5) is 0 Å². The molecule has 1 N–H and O–H groups in total. The lowest BCUT2D eigenvalue weighted by Gasteiger charge is -2.38. The van der Waals surface area contributed by atoms with E-state index < -0.39 is 0 Å². The number of hydrogen-bond acceptors (Lipinski definition) is 2. The average molecular weight is 248 g/mol. The van der Waals surface area contributed by atoms with Crippen molar-refractivity contribution in [1.82, 2.24) is 10.2 Å². The van der Waals surface area contributed by atoms with Crippen LogP contribution in [0.15, 0.2) is 0 Å².